The quantitative estimate of drug-likeness (QED) is 0.947. The number of alkyl halides is 3. The number of carbonyl (C=O) groups excluding carboxylic acids is 1. The summed E-state index contributed by atoms with van der Waals surface area (Å²) in [6.45, 7) is -1.31. The van der Waals surface area contributed by atoms with Gasteiger partial charge in [-0.05, 0) is 12.1 Å². The highest BCUT2D eigenvalue weighted by Crippen LogP contribution is 2.24. The lowest BCUT2D eigenvalue weighted by Gasteiger charge is -2.19. The minimum atomic E-state index is -4.44. The van der Waals surface area contributed by atoms with Crippen molar-refractivity contribution in [2.24, 2.45) is 0 Å². The van der Waals surface area contributed by atoms with Crippen LogP contribution in [0.15, 0.2) is 30.3 Å². The summed E-state index contributed by atoms with van der Waals surface area (Å²) in [5.74, 6) is -0.769. The second-order valence-electron chi connectivity index (χ2n) is 4.60. The maximum absolute atomic E-state index is 12.4. The van der Waals surface area contributed by atoms with Crippen molar-refractivity contribution in [3.63, 3.8) is 0 Å². The lowest BCUT2D eigenvalue weighted by Crippen LogP contribution is -2.36. The van der Waals surface area contributed by atoms with Crippen LogP contribution in [0.4, 0.5) is 18.9 Å². The Labute approximate surface area is 119 Å². The molecule has 7 heteroatoms. The first-order valence-electron chi connectivity index (χ1n) is 6.21. The third-order valence-electron chi connectivity index (χ3n) is 2.97. The molecule has 0 atom stereocenters. The summed E-state index contributed by atoms with van der Waals surface area (Å²) in [6, 6.07) is 8.56. The highest BCUT2D eigenvalue weighted by molar-refractivity contribution is 5.99. The average molecular weight is 297 g/mol. The molecule has 0 aliphatic heterocycles. The smallest absolute Gasteiger partial charge is 0.388 e. The van der Waals surface area contributed by atoms with E-state index >= 15 is 0 Å². The lowest BCUT2D eigenvalue weighted by atomic mass is 10.1. The van der Waals surface area contributed by atoms with Crippen molar-refractivity contribution in [1.82, 2.24) is 9.88 Å². The Bertz CT molecular complexity index is 670. The first kappa shape index (κ1) is 15.1. The molecule has 0 bridgehead atoms. The maximum atomic E-state index is 12.4. The largest absolute Gasteiger partial charge is 0.406 e. The minimum absolute atomic E-state index is 0.0233. The van der Waals surface area contributed by atoms with Crippen LogP contribution in [-0.2, 0) is 0 Å². The van der Waals surface area contributed by atoms with E-state index in [4.69, 9.17) is 0 Å². The molecular weight excluding hydrogens is 283 g/mol. The lowest BCUT2D eigenvalue weighted by molar-refractivity contribution is -0.138. The number of fused-ring (bicyclic) bond motifs is 1. The number of hydrogen-bond acceptors (Lipinski definition) is 3. The Hall–Kier alpha value is -2.31. The minimum Gasteiger partial charge on any atom is -0.388 e. The molecule has 1 aromatic heterocycles. The average Bonchev–Trinajstić information content (AvgIpc) is 2.43. The van der Waals surface area contributed by atoms with Crippen LogP contribution >= 0.6 is 0 Å². The van der Waals surface area contributed by atoms with Crippen LogP contribution in [0.3, 0.4) is 0 Å². The predicted molar refractivity (Wildman–Crippen MR) is 74.3 cm³/mol. The Morgan fingerprint density at radius 1 is 1.33 bits per heavy atom. The molecule has 0 saturated heterocycles. The van der Waals surface area contributed by atoms with E-state index in [1.807, 2.05) is 12.1 Å². The third-order valence-corrected chi connectivity index (χ3v) is 2.97. The molecule has 2 rings (SSSR count). The summed E-state index contributed by atoms with van der Waals surface area (Å²) in [4.78, 5) is 16.8. The number of rotatable bonds is 3. The molecule has 21 heavy (non-hydrogen) atoms. The number of halogens is 3. The molecule has 0 spiro atoms. The highest BCUT2D eigenvalue weighted by Gasteiger charge is 2.32. The van der Waals surface area contributed by atoms with Gasteiger partial charge < -0.3 is 10.2 Å². The topological polar surface area (TPSA) is 45.2 Å². The van der Waals surface area contributed by atoms with Crippen LogP contribution < -0.4 is 5.32 Å². The molecule has 0 unspecified atom stereocenters. The Morgan fingerprint density at radius 3 is 2.62 bits per heavy atom. The van der Waals surface area contributed by atoms with Gasteiger partial charge in [-0.2, -0.15) is 13.2 Å². The van der Waals surface area contributed by atoms with E-state index in [2.05, 4.69) is 10.3 Å². The van der Waals surface area contributed by atoms with Crippen molar-refractivity contribution in [1.29, 1.82) is 0 Å². The van der Waals surface area contributed by atoms with Crippen molar-refractivity contribution >= 4 is 22.5 Å². The fourth-order valence-electron chi connectivity index (χ4n) is 2.03. The first-order chi connectivity index (χ1) is 9.81. The number of nitrogens with zero attached hydrogens (tertiary/aromatic N) is 2. The molecule has 0 fully saturated rings. The Kier molecular flexibility index (Phi) is 4.02. The number of nitrogens with one attached hydrogen (secondary N) is 1. The van der Waals surface area contributed by atoms with Gasteiger partial charge in [0.1, 0.15) is 12.2 Å². The molecule has 0 aliphatic rings. The van der Waals surface area contributed by atoms with Crippen LogP contribution in [0.5, 0.6) is 0 Å². The van der Waals surface area contributed by atoms with Crippen molar-refractivity contribution in [3.05, 3.63) is 36.0 Å². The van der Waals surface area contributed by atoms with E-state index in [1.54, 1.807) is 19.2 Å². The molecule has 112 valence electrons. The van der Waals surface area contributed by atoms with Crippen LogP contribution in [0.1, 0.15) is 10.5 Å². The number of hydrogen-bond donors (Lipinski definition) is 1. The van der Waals surface area contributed by atoms with Crippen molar-refractivity contribution in [2.75, 3.05) is 26.0 Å². The van der Waals surface area contributed by atoms with Gasteiger partial charge in [0.15, 0.2) is 0 Å². The first-order valence-corrected chi connectivity index (χ1v) is 6.21. The normalized spacial score (nSPS) is 11.5. The van der Waals surface area contributed by atoms with Gasteiger partial charge in [-0.1, -0.05) is 18.2 Å². The van der Waals surface area contributed by atoms with Crippen molar-refractivity contribution in [2.45, 2.75) is 6.18 Å². The van der Waals surface area contributed by atoms with Crippen LogP contribution in [0, 0.1) is 0 Å². The molecule has 1 N–H and O–H groups in total. The van der Waals surface area contributed by atoms with Gasteiger partial charge in [0.05, 0.1) is 5.52 Å². The number of aromatic nitrogens is 1. The fourth-order valence-corrected chi connectivity index (χ4v) is 2.03. The molecule has 1 amide bonds. The maximum Gasteiger partial charge on any atom is 0.406 e. The zero-order valence-corrected chi connectivity index (χ0v) is 11.5. The number of amides is 1. The molecular formula is C14H14F3N3O. The standard InChI is InChI=1S/C14H14F3N3O/c1-18-11-7-12(13(21)20(2)8-14(15,16)17)19-10-6-4-3-5-9(10)11/h3-7H,8H2,1-2H3,(H,18,19). The second-order valence-corrected chi connectivity index (χ2v) is 4.60. The zero-order valence-electron chi connectivity index (χ0n) is 11.5. The summed E-state index contributed by atoms with van der Waals surface area (Å²) in [5.41, 5.74) is 1.17. The summed E-state index contributed by atoms with van der Waals surface area (Å²) in [7, 11) is 2.78. The van der Waals surface area contributed by atoms with E-state index in [9.17, 15) is 18.0 Å². The summed E-state index contributed by atoms with van der Waals surface area (Å²) in [6.07, 6.45) is -4.44. The zero-order chi connectivity index (χ0) is 15.6. The van der Waals surface area contributed by atoms with Crippen molar-refractivity contribution < 1.29 is 18.0 Å². The second kappa shape index (κ2) is 5.59. The van der Waals surface area contributed by atoms with Crippen molar-refractivity contribution in [3.8, 4) is 0 Å². The number of para-hydroxylation sites is 1. The predicted octanol–water partition coefficient (Wildman–Crippen LogP) is 2.91. The van der Waals surface area contributed by atoms with Crippen LogP contribution in [0.25, 0.3) is 10.9 Å². The van der Waals surface area contributed by atoms with Gasteiger partial charge >= 0.3 is 6.18 Å². The SMILES string of the molecule is CNc1cc(C(=O)N(C)CC(F)(F)F)nc2ccccc12. The van der Waals surface area contributed by atoms with Gasteiger partial charge in [0.25, 0.3) is 5.91 Å². The third kappa shape index (κ3) is 3.42. The molecule has 0 saturated carbocycles. The van der Waals surface area contributed by atoms with E-state index < -0.39 is 18.6 Å². The number of pyridine rings is 1. The highest BCUT2D eigenvalue weighted by atomic mass is 19.4. The molecule has 1 aromatic carbocycles. The van der Waals surface area contributed by atoms with Gasteiger partial charge in [-0.15, -0.1) is 0 Å². The van der Waals surface area contributed by atoms with E-state index in [0.29, 0.717) is 16.1 Å². The number of carbonyl (C=O) groups is 1. The van der Waals surface area contributed by atoms with Crippen LogP contribution in [-0.4, -0.2) is 42.6 Å². The molecule has 1 heterocycles. The summed E-state index contributed by atoms with van der Waals surface area (Å²) < 4.78 is 37.1. The molecule has 4 nitrogen and oxygen atoms in total. The Morgan fingerprint density at radius 2 is 2.00 bits per heavy atom. The van der Waals surface area contributed by atoms with E-state index in [0.717, 1.165) is 12.4 Å². The van der Waals surface area contributed by atoms with Gasteiger partial charge in [-0.25, -0.2) is 4.98 Å². The molecule has 0 aliphatic carbocycles. The van der Waals surface area contributed by atoms with Crippen LogP contribution in [0.2, 0.25) is 0 Å². The van der Waals surface area contributed by atoms with E-state index in [-0.39, 0.29) is 5.69 Å². The van der Waals surface area contributed by atoms with E-state index in [1.165, 1.54) is 6.07 Å². The molecule has 0 radical (unpaired) electrons. The number of anilines is 1. The fraction of sp³-hybridized carbons (Fsp3) is 0.286. The summed E-state index contributed by atoms with van der Waals surface area (Å²) >= 11 is 0. The van der Waals surface area contributed by atoms with Gasteiger partial charge in [0, 0.05) is 25.2 Å². The molecule has 2 aromatic rings. The summed E-state index contributed by atoms with van der Waals surface area (Å²) in [5, 5.41) is 3.72. The number of benzene rings is 1. The Balaban J connectivity index is 2.40. The van der Waals surface area contributed by atoms with Gasteiger partial charge in [-0.3, -0.25) is 4.79 Å². The monoisotopic (exact) mass is 297 g/mol. The van der Waals surface area contributed by atoms with Gasteiger partial charge in [0.2, 0.25) is 0 Å².